The predicted octanol–water partition coefficient (Wildman–Crippen LogP) is 3.39. The van der Waals surface area contributed by atoms with Crippen molar-refractivity contribution in [3.05, 3.63) is 62.6 Å². The number of carbonyl (C=O) groups is 1. The number of anilines is 1. The van der Waals surface area contributed by atoms with Crippen molar-refractivity contribution >= 4 is 50.5 Å². The monoisotopic (exact) mass is 487 g/mol. The van der Waals surface area contributed by atoms with Crippen LogP contribution in [0, 0.1) is 10.1 Å². The van der Waals surface area contributed by atoms with Gasteiger partial charge in [0.25, 0.3) is 15.7 Å². The Labute approximate surface area is 189 Å². The first-order valence-corrected chi connectivity index (χ1v) is 11.5. The predicted molar refractivity (Wildman–Crippen MR) is 116 cm³/mol. The van der Waals surface area contributed by atoms with Gasteiger partial charge in [-0.2, -0.15) is 0 Å². The van der Waals surface area contributed by atoms with Gasteiger partial charge in [0.1, 0.15) is 11.6 Å². The van der Waals surface area contributed by atoms with Crippen LogP contribution in [0.2, 0.25) is 10.0 Å². The highest BCUT2D eigenvalue weighted by Gasteiger charge is 2.30. The van der Waals surface area contributed by atoms with E-state index in [1.54, 1.807) is 0 Å². The summed E-state index contributed by atoms with van der Waals surface area (Å²) in [6.45, 7) is 0.355. The molecule has 0 aromatic heterocycles. The summed E-state index contributed by atoms with van der Waals surface area (Å²) in [5.41, 5.74) is -0.379. The molecule has 1 heterocycles. The van der Waals surface area contributed by atoms with Gasteiger partial charge in [0.05, 0.1) is 21.6 Å². The largest absolute Gasteiger partial charge is 0.376 e. The second-order valence-corrected chi connectivity index (χ2v) is 9.50. The Morgan fingerprint density at radius 3 is 2.55 bits per heavy atom. The van der Waals surface area contributed by atoms with Crippen molar-refractivity contribution in [2.75, 3.05) is 24.0 Å². The van der Waals surface area contributed by atoms with Crippen molar-refractivity contribution in [1.29, 1.82) is 0 Å². The third-order valence-electron chi connectivity index (χ3n) is 4.66. The van der Waals surface area contributed by atoms with Gasteiger partial charge >= 0.3 is 0 Å². The van der Waals surface area contributed by atoms with Crippen molar-refractivity contribution in [3.8, 4) is 0 Å². The first kappa shape index (κ1) is 23.3. The number of nitrogens with zero attached hydrogens (tertiary/aromatic N) is 2. The highest BCUT2D eigenvalue weighted by molar-refractivity contribution is 7.92. The number of hydrogen-bond acceptors (Lipinski definition) is 6. The molecule has 0 aliphatic carbocycles. The molecule has 1 atom stereocenters. The lowest BCUT2D eigenvalue weighted by molar-refractivity contribution is -0.384. The van der Waals surface area contributed by atoms with Crippen LogP contribution in [-0.4, -0.2) is 45.0 Å². The van der Waals surface area contributed by atoms with Crippen molar-refractivity contribution < 1.29 is 22.9 Å². The molecule has 9 nitrogen and oxygen atoms in total. The van der Waals surface area contributed by atoms with E-state index in [0.29, 0.717) is 11.6 Å². The average molecular weight is 488 g/mol. The van der Waals surface area contributed by atoms with E-state index >= 15 is 0 Å². The minimum atomic E-state index is -4.34. The number of nitro benzene ring substituents is 1. The molecule has 0 saturated carbocycles. The van der Waals surface area contributed by atoms with E-state index in [-0.39, 0.29) is 28.3 Å². The molecule has 1 aliphatic rings. The van der Waals surface area contributed by atoms with Crippen LogP contribution in [0.5, 0.6) is 0 Å². The lowest BCUT2D eigenvalue weighted by Crippen LogP contribution is -2.42. The molecule has 2 aromatic carbocycles. The van der Waals surface area contributed by atoms with Gasteiger partial charge in [-0.25, -0.2) is 8.42 Å². The number of halogens is 2. The minimum absolute atomic E-state index is 0.108. The lowest BCUT2D eigenvalue weighted by Gasteiger charge is -2.24. The van der Waals surface area contributed by atoms with Crippen LogP contribution in [0.3, 0.4) is 0 Å². The molecule has 1 N–H and O–H groups in total. The molecule has 1 fully saturated rings. The molecule has 2 aromatic rings. The number of carbonyl (C=O) groups excluding carboxylic acids is 1. The Bertz CT molecular complexity index is 1070. The molecule has 1 aliphatic heterocycles. The van der Waals surface area contributed by atoms with Gasteiger partial charge in [-0.05, 0) is 49.2 Å². The molecule has 166 valence electrons. The van der Waals surface area contributed by atoms with Crippen LogP contribution in [0.25, 0.3) is 0 Å². The van der Waals surface area contributed by atoms with E-state index in [1.807, 2.05) is 0 Å². The Hall–Kier alpha value is -2.40. The van der Waals surface area contributed by atoms with Crippen LogP contribution in [-0.2, 0) is 19.6 Å². The zero-order chi connectivity index (χ0) is 22.6. The van der Waals surface area contributed by atoms with Crippen molar-refractivity contribution in [3.63, 3.8) is 0 Å². The summed E-state index contributed by atoms with van der Waals surface area (Å²) in [6.07, 6.45) is 1.61. The fourth-order valence-corrected chi connectivity index (χ4v) is 4.82. The quantitative estimate of drug-likeness (QED) is 0.450. The number of hydrogen-bond donors (Lipinski definition) is 1. The summed E-state index contributed by atoms with van der Waals surface area (Å²) in [7, 11) is -4.34. The molecule has 3 rings (SSSR count). The van der Waals surface area contributed by atoms with E-state index in [0.717, 1.165) is 35.3 Å². The Balaban J connectivity index is 1.91. The van der Waals surface area contributed by atoms with Crippen LogP contribution in [0.15, 0.2) is 47.4 Å². The molecule has 0 bridgehead atoms. The standard InChI is InChI=1S/C19H19Cl2N3O6S/c20-13-3-5-14(6-4-13)23(12-19(25)22-11-15-2-1-9-30-15)31(28,29)16-7-8-17(21)18(10-16)24(26)27/h3-8,10,15H,1-2,9,11-12H2,(H,22,25)/t15-/m0/s1. The number of sulfonamides is 1. The Morgan fingerprint density at radius 1 is 1.23 bits per heavy atom. The average Bonchev–Trinajstić information content (AvgIpc) is 3.25. The summed E-state index contributed by atoms with van der Waals surface area (Å²) >= 11 is 11.7. The summed E-state index contributed by atoms with van der Waals surface area (Å²) in [5.74, 6) is -0.544. The third kappa shape index (κ3) is 5.65. The van der Waals surface area contributed by atoms with Crippen molar-refractivity contribution in [2.45, 2.75) is 23.8 Å². The van der Waals surface area contributed by atoms with Crippen molar-refractivity contribution in [1.82, 2.24) is 5.32 Å². The van der Waals surface area contributed by atoms with Crippen LogP contribution >= 0.6 is 23.2 Å². The number of nitro groups is 1. The van der Waals surface area contributed by atoms with Crippen molar-refractivity contribution in [2.24, 2.45) is 0 Å². The fourth-order valence-electron chi connectivity index (χ4n) is 3.06. The number of amides is 1. The molecule has 0 unspecified atom stereocenters. The van der Waals surface area contributed by atoms with Crippen LogP contribution < -0.4 is 9.62 Å². The third-order valence-corrected chi connectivity index (χ3v) is 7.00. The second-order valence-electron chi connectivity index (χ2n) is 6.80. The molecular weight excluding hydrogens is 469 g/mol. The van der Waals surface area contributed by atoms with Crippen LogP contribution in [0.1, 0.15) is 12.8 Å². The zero-order valence-electron chi connectivity index (χ0n) is 16.2. The smallest absolute Gasteiger partial charge is 0.289 e. The van der Waals surface area contributed by atoms with E-state index in [9.17, 15) is 23.3 Å². The molecule has 12 heteroatoms. The van der Waals surface area contributed by atoms with Gasteiger partial charge in [-0.3, -0.25) is 19.2 Å². The number of ether oxygens (including phenoxy) is 1. The molecule has 0 radical (unpaired) electrons. The molecule has 1 amide bonds. The Kier molecular flexibility index (Phi) is 7.37. The fraction of sp³-hybridized carbons (Fsp3) is 0.316. The second kappa shape index (κ2) is 9.82. The Morgan fingerprint density at radius 2 is 1.94 bits per heavy atom. The minimum Gasteiger partial charge on any atom is -0.376 e. The highest BCUT2D eigenvalue weighted by atomic mass is 35.5. The summed E-state index contributed by atoms with van der Waals surface area (Å²) in [5, 5.41) is 14.0. The first-order chi connectivity index (χ1) is 14.7. The van der Waals surface area contributed by atoms with E-state index in [2.05, 4.69) is 5.32 Å². The topological polar surface area (TPSA) is 119 Å². The number of nitrogens with one attached hydrogen (secondary N) is 1. The summed E-state index contributed by atoms with van der Waals surface area (Å²) < 4.78 is 33.0. The molecule has 1 saturated heterocycles. The molecule has 0 spiro atoms. The maximum absolute atomic E-state index is 13.3. The molecule has 31 heavy (non-hydrogen) atoms. The SMILES string of the molecule is O=C(CN(c1ccc(Cl)cc1)S(=O)(=O)c1ccc(Cl)c([N+](=O)[O-])c1)NC[C@@H]1CCCO1. The van der Waals surface area contributed by atoms with Gasteiger partial charge in [-0.1, -0.05) is 23.2 Å². The van der Waals surface area contributed by atoms with Gasteiger partial charge in [0.15, 0.2) is 0 Å². The van der Waals surface area contributed by atoms with Gasteiger partial charge < -0.3 is 10.1 Å². The van der Waals surface area contributed by atoms with E-state index in [1.165, 1.54) is 24.3 Å². The summed E-state index contributed by atoms with van der Waals surface area (Å²) in [4.78, 5) is 22.6. The normalized spacial score (nSPS) is 16.1. The van der Waals surface area contributed by atoms with E-state index in [4.69, 9.17) is 27.9 Å². The molecular formula is C19H19Cl2N3O6S. The summed E-state index contributed by atoms with van der Waals surface area (Å²) in [6, 6.07) is 8.99. The highest BCUT2D eigenvalue weighted by Crippen LogP contribution is 2.31. The van der Waals surface area contributed by atoms with Gasteiger partial charge in [0, 0.05) is 24.2 Å². The van der Waals surface area contributed by atoms with E-state index < -0.39 is 33.1 Å². The van der Waals surface area contributed by atoms with Crippen LogP contribution in [0.4, 0.5) is 11.4 Å². The first-order valence-electron chi connectivity index (χ1n) is 9.29. The maximum atomic E-state index is 13.3. The zero-order valence-corrected chi connectivity index (χ0v) is 18.5. The number of benzene rings is 2. The van der Waals surface area contributed by atoms with Gasteiger partial charge in [-0.15, -0.1) is 0 Å². The lowest BCUT2D eigenvalue weighted by atomic mass is 10.2. The maximum Gasteiger partial charge on any atom is 0.289 e. The number of rotatable bonds is 8. The van der Waals surface area contributed by atoms with Gasteiger partial charge in [0.2, 0.25) is 5.91 Å².